The van der Waals surface area contributed by atoms with Crippen LogP contribution < -0.4 is 5.46 Å². The quantitative estimate of drug-likeness (QED) is 0.425. The molecule has 3 nitrogen and oxygen atoms in total. The number of thiophene rings is 1. The molecule has 0 radical (unpaired) electrons. The van der Waals surface area contributed by atoms with E-state index in [2.05, 4.69) is 12.6 Å². The van der Waals surface area contributed by atoms with Crippen LogP contribution in [0.15, 0.2) is 22.4 Å². The minimum atomic E-state index is -1.54. The third-order valence-electron chi connectivity index (χ3n) is 2.00. The predicted molar refractivity (Wildman–Crippen MR) is 60.6 cm³/mol. The van der Waals surface area contributed by atoms with Gasteiger partial charge < -0.3 is 15.2 Å². The summed E-state index contributed by atoms with van der Waals surface area (Å²) in [4.78, 5) is 0.350. The smallest absolute Gasteiger partial charge is 0.489 e. The lowest BCUT2D eigenvalue weighted by molar-refractivity contribution is 0.426. The van der Waals surface area contributed by atoms with Crippen LogP contribution in [-0.4, -0.2) is 22.3 Å². The maximum Gasteiger partial charge on any atom is 0.489 e. The Morgan fingerprint density at radius 2 is 2.07 bits per heavy atom. The summed E-state index contributed by atoms with van der Waals surface area (Å²) >= 11 is 5.39. The highest BCUT2D eigenvalue weighted by Gasteiger charge is 2.18. The molecule has 1 heterocycles. The molecule has 0 saturated heterocycles. The number of aromatic hydroxyl groups is 1. The molecule has 0 bridgehead atoms. The zero-order chi connectivity index (χ0) is 10.3. The van der Waals surface area contributed by atoms with Crippen LogP contribution in [0.2, 0.25) is 0 Å². The van der Waals surface area contributed by atoms with Crippen LogP contribution in [-0.2, 0) is 0 Å². The molecule has 0 aliphatic rings. The van der Waals surface area contributed by atoms with Crippen molar-refractivity contribution in [2.45, 2.75) is 4.90 Å². The predicted octanol–water partition coefficient (Wildman–Crippen LogP) is 0.575. The van der Waals surface area contributed by atoms with Crippen molar-refractivity contribution in [3.8, 4) is 5.75 Å². The zero-order valence-corrected chi connectivity index (χ0v) is 8.72. The third kappa shape index (κ3) is 1.40. The van der Waals surface area contributed by atoms with Crippen LogP contribution >= 0.6 is 24.0 Å². The van der Waals surface area contributed by atoms with Gasteiger partial charge in [0.2, 0.25) is 0 Å². The second-order valence-corrected chi connectivity index (χ2v) is 4.27. The van der Waals surface area contributed by atoms with Gasteiger partial charge in [0.1, 0.15) is 5.75 Å². The highest BCUT2D eigenvalue weighted by molar-refractivity contribution is 7.80. The van der Waals surface area contributed by atoms with Crippen molar-refractivity contribution < 1.29 is 15.2 Å². The number of fused-ring (bicyclic) bond motifs is 1. The lowest BCUT2D eigenvalue weighted by atomic mass is 9.78. The summed E-state index contributed by atoms with van der Waals surface area (Å²) in [6.45, 7) is 0. The number of phenols is 1. The van der Waals surface area contributed by atoms with E-state index < -0.39 is 7.12 Å². The summed E-state index contributed by atoms with van der Waals surface area (Å²) in [6, 6.07) is 3.19. The van der Waals surface area contributed by atoms with E-state index in [9.17, 15) is 5.11 Å². The van der Waals surface area contributed by atoms with Crippen molar-refractivity contribution in [1.82, 2.24) is 0 Å². The van der Waals surface area contributed by atoms with E-state index in [-0.39, 0.29) is 5.75 Å². The molecule has 2 aromatic rings. The van der Waals surface area contributed by atoms with Crippen molar-refractivity contribution in [2.75, 3.05) is 0 Å². The Hall–Kier alpha value is -0.685. The van der Waals surface area contributed by atoms with Crippen LogP contribution in [0.1, 0.15) is 0 Å². The first-order valence-corrected chi connectivity index (χ1v) is 5.22. The van der Waals surface area contributed by atoms with E-state index in [0.29, 0.717) is 20.4 Å². The number of rotatable bonds is 1. The molecule has 3 N–H and O–H groups in total. The molecule has 14 heavy (non-hydrogen) atoms. The van der Waals surface area contributed by atoms with Gasteiger partial charge in [0, 0.05) is 4.90 Å². The molecule has 6 heteroatoms. The molecule has 0 atom stereocenters. The molecule has 0 saturated carbocycles. The fourth-order valence-electron chi connectivity index (χ4n) is 1.34. The van der Waals surface area contributed by atoms with Crippen LogP contribution in [0.3, 0.4) is 0 Å². The van der Waals surface area contributed by atoms with E-state index in [4.69, 9.17) is 10.0 Å². The third-order valence-corrected chi connectivity index (χ3v) is 3.27. The van der Waals surface area contributed by atoms with Crippen LogP contribution in [0.25, 0.3) is 10.1 Å². The Morgan fingerprint density at radius 1 is 1.36 bits per heavy atom. The van der Waals surface area contributed by atoms with E-state index >= 15 is 0 Å². The normalized spacial score (nSPS) is 10.8. The Morgan fingerprint density at radius 3 is 2.71 bits per heavy atom. The topological polar surface area (TPSA) is 60.7 Å². The molecule has 1 aromatic carbocycles. The maximum absolute atomic E-state index is 9.62. The first-order chi connectivity index (χ1) is 6.61. The highest BCUT2D eigenvalue weighted by atomic mass is 32.1. The summed E-state index contributed by atoms with van der Waals surface area (Å²) in [6.07, 6.45) is 0. The SMILES string of the molecule is OB(O)c1cc(S)c(O)c2sccc12. The summed E-state index contributed by atoms with van der Waals surface area (Å²) in [5.41, 5.74) is 0.365. The Kier molecular flexibility index (Phi) is 2.44. The average molecular weight is 226 g/mol. The Bertz CT molecular complexity index is 481. The lowest BCUT2D eigenvalue weighted by Gasteiger charge is -2.05. The average Bonchev–Trinajstić information content (AvgIpc) is 2.59. The van der Waals surface area contributed by atoms with Crippen LogP contribution in [0, 0.1) is 0 Å². The lowest BCUT2D eigenvalue weighted by Crippen LogP contribution is -2.30. The minimum absolute atomic E-state index is 0.0859. The molecule has 0 fully saturated rings. The number of hydrogen-bond acceptors (Lipinski definition) is 5. The molecule has 0 aliphatic carbocycles. The number of phenolic OH excluding ortho intramolecular Hbond substituents is 1. The maximum atomic E-state index is 9.62. The van der Waals surface area contributed by atoms with Gasteiger partial charge in [0.15, 0.2) is 0 Å². The summed E-state index contributed by atoms with van der Waals surface area (Å²) < 4.78 is 0.626. The molecule has 2 rings (SSSR count). The molecular formula is C8H7BO3S2. The zero-order valence-electron chi connectivity index (χ0n) is 7.01. The van der Waals surface area contributed by atoms with Gasteiger partial charge in [0.05, 0.1) is 4.70 Å². The van der Waals surface area contributed by atoms with Crippen molar-refractivity contribution >= 4 is 46.6 Å². The van der Waals surface area contributed by atoms with Crippen molar-refractivity contribution in [3.63, 3.8) is 0 Å². The van der Waals surface area contributed by atoms with E-state index in [1.54, 1.807) is 11.4 Å². The van der Waals surface area contributed by atoms with Gasteiger partial charge in [-0.3, -0.25) is 0 Å². The van der Waals surface area contributed by atoms with Crippen LogP contribution in [0.5, 0.6) is 5.75 Å². The summed E-state index contributed by atoms with van der Waals surface area (Å²) in [7, 11) is -1.54. The first kappa shape index (κ1) is 9.85. The van der Waals surface area contributed by atoms with Gasteiger partial charge in [-0.15, -0.1) is 24.0 Å². The van der Waals surface area contributed by atoms with Crippen LogP contribution in [0.4, 0.5) is 0 Å². The second-order valence-electron chi connectivity index (χ2n) is 2.87. The molecule has 0 unspecified atom stereocenters. The molecule has 0 aliphatic heterocycles. The fourth-order valence-corrected chi connectivity index (χ4v) is 2.54. The van der Waals surface area contributed by atoms with Gasteiger partial charge in [-0.1, -0.05) is 0 Å². The van der Waals surface area contributed by atoms with Gasteiger partial charge in [-0.2, -0.15) is 0 Å². The van der Waals surface area contributed by atoms with Crippen molar-refractivity contribution in [2.24, 2.45) is 0 Å². The first-order valence-electron chi connectivity index (χ1n) is 3.89. The van der Waals surface area contributed by atoms with Gasteiger partial charge in [0.25, 0.3) is 0 Å². The van der Waals surface area contributed by atoms with E-state index in [1.807, 2.05) is 0 Å². The van der Waals surface area contributed by atoms with Crippen molar-refractivity contribution in [1.29, 1.82) is 0 Å². The molecule has 72 valence electrons. The standard InChI is InChI=1S/C8H7BO3S2/c10-7-6(13)3-5(9(11)12)4-1-2-14-8(4)7/h1-3,10-13H. The monoisotopic (exact) mass is 226 g/mol. The molecule has 0 spiro atoms. The number of hydrogen-bond donors (Lipinski definition) is 4. The summed E-state index contributed by atoms with van der Waals surface area (Å²) in [5.74, 6) is 0.0859. The van der Waals surface area contributed by atoms with Gasteiger partial charge >= 0.3 is 7.12 Å². The van der Waals surface area contributed by atoms with Gasteiger partial charge in [-0.05, 0) is 28.4 Å². The largest absolute Gasteiger partial charge is 0.505 e. The fraction of sp³-hybridized carbons (Fsp3) is 0. The molecule has 1 aromatic heterocycles. The van der Waals surface area contributed by atoms with E-state index in [0.717, 1.165) is 0 Å². The Labute approximate surface area is 90.2 Å². The minimum Gasteiger partial charge on any atom is -0.505 e. The molecular weight excluding hydrogens is 219 g/mol. The summed E-state index contributed by atoms with van der Waals surface area (Å²) in [5, 5.41) is 30.3. The second kappa shape index (κ2) is 3.47. The number of thiol groups is 1. The number of benzene rings is 1. The van der Waals surface area contributed by atoms with Crippen molar-refractivity contribution in [3.05, 3.63) is 17.5 Å². The molecule has 0 amide bonds. The van der Waals surface area contributed by atoms with E-state index in [1.165, 1.54) is 17.4 Å². The van der Waals surface area contributed by atoms with Gasteiger partial charge in [-0.25, -0.2) is 0 Å². The highest BCUT2D eigenvalue weighted by Crippen LogP contribution is 2.33. The Balaban J connectivity index is 2.84.